The zero-order valence-corrected chi connectivity index (χ0v) is 16.7. The van der Waals surface area contributed by atoms with Crippen LogP contribution in [-0.4, -0.2) is 50.9 Å². The number of benzene rings is 1. The van der Waals surface area contributed by atoms with E-state index in [1.54, 1.807) is 7.05 Å². The molecule has 6 heteroatoms. The summed E-state index contributed by atoms with van der Waals surface area (Å²) in [7, 11) is 1.79. The molecule has 0 bridgehead atoms. The number of hydrogen-bond donors (Lipinski definition) is 2. The highest BCUT2D eigenvalue weighted by molar-refractivity contribution is 7.99. The molecule has 1 saturated heterocycles. The number of rotatable bonds is 10. The van der Waals surface area contributed by atoms with Crippen LogP contribution in [0.5, 0.6) is 5.75 Å². The zero-order valence-electron chi connectivity index (χ0n) is 15.9. The SMILES string of the molecule is C=CCSCCNC(=NC)NCc1ccc(C)cc1OCC1CCOC1. The Labute approximate surface area is 161 Å². The van der Waals surface area contributed by atoms with Gasteiger partial charge in [-0.3, -0.25) is 4.99 Å². The summed E-state index contributed by atoms with van der Waals surface area (Å²) < 4.78 is 11.5. The number of aryl methyl sites for hydroxylation is 1. The first-order valence-electron chi connectivity index (χ1n) is 9.16. The van der Waals surface area contributed by atoms with E-state index in [2.05, 4.69) is 47.3 Å². The van der Waals surface area contributed by atoms with Gasteiger partial charge in [0.2, 0.25) is 0 Å². The Hall–Kier alpha value is -1.66. The van der Waals surface area contributed by atoms with Crippen LogP contribution in [0.4, 0.5) is 0 Å². The number of guanidine groups is 1. The van der Waals surface area contributed by atoms with Crippen LogP contribution >= 0.6 is 11.8 Å². The van der Waals surface area contributed by atoms with Crippen LogP contribution in [-0.2, 0) is 11.3 Å². The first-order valence-corrected chi connectivity index (χ1v) is 10.3. The van der Waals surface area contributed by atoms with E-state index in [-0.39, 0.29) is 0 Å². The van der Waals surface area contributed by atoms with E-state index in [9.17, 15) is 0 Å². The molecule has 1 fully saturated rings. The summed E-state index contributed by atoms with van der Waals surface area (Å²) in [4.78, 5) is 4.28. The summed E-state index contributed by atoms with van der Waals surface area (Å²) in [5.41, 5.74) is 2.34. The predicted molar refractivity (Wildman–Crippen MR) is 111 cm³/mol. The molecule has 144 valence electrons. The van der Waals surface area contributed by atoms with Crippen molar-refractivity contribution in [3.8, 4) is 5.75 Å². The lowest BCUT2D eigenvalue weighted by Crippen LogP contribution is -2.38. The molecule has 0 saturated carbocycles. The van der Waals surface area contributed by atoms with Crippen molar-refractivity contribution < 1.29 is 9.47 Å². The molecule has 0 amide bonds. The minimum Gasteiger partial charge on any atom is -0.493 e. The van der Waals surface area contributed by atoms with E-state index in [4.69, 9.17) is 9.47 Å². The Balaban J connectivity index is 1.83. The molecule has 1 atom stereocenters. The van der Waals surface area contributed by atoms with Crippen LogP contribution in [0.2, 0.25) is 0 Å². The Kier molecular flexibility index (Phi) is 9.42. The Morgan fingerprint density at radius 1 is 1.46 bits per heavy atom. The Bertz CT molecular complexity index is 586. The van der Waals surface area contributed by atoms with Crippen LogP contribution in [0.1, 0.15) is 17.5 Å². The fourth-order valence-corrected chi connectivity index (χ4v) is 3.25. The predicted octanol–water partition coefficient (Wildman–Crippen LogP) is 2.99. The van der Waals surface area contributed by atoms with Crippen molar-refractivity contribution in [2.75, 3.05) is 44.9 Å². The number of thioether (sulfide) groups is 1. The molecule has 1 heterocycles. The van der Waals surface area contributed by atoms with Crippen molar-refractivity contribution in [1.29, 1.82) is 0 Å². The van der Waals surface area contributed by atoms with Gasteiger partial charge in [0.1, 0.15) is 5.75 Å². The maximum Gasteiger partial charge on any atom is 0.191 e. The van der Waals surface area contributed by atoms with E-state index in [1.165, 1.54) is 5.56 Å². The molecule has 2 N–H and O–H groups in total. The molecule has 2 rings (SSSR count). The van der Waals surface area contributed by atoms with Crippen molar-refractivity contribution >= 4 is 17.7 Å². The highest BCUT2D eigenvalue weighted by Gasteiger charge is 2.17. The minimum atomic E-state index is 0.499. The van der Waals surface area contributed by atoms with Gasteiger partial charge in [0, 0.05) is 49.7 Å². The van der Waals surface area contributed by atoms with Crippen molar-refractivity contribution in [1.82, 2.24) is 10.6 Å². The Morgan fingerprint density at radius 3 is 3.08 bits per heavy atom. The quantitative estimate of drug-likeness (QED) is 0.284. The standard InChI is InChI=1S/C20H31N3O2S/c1-4-10-26-11-8-22-20(21-3)23-13-18-6-5-16(2)12-19(18)25-15-17-7-9-24-14-17/h4-6,12,17H,1,7-11,13-15H2,2-3H3,(H2,21,22,23). The smallest absolute Gasteiger partial charge is 0.191 e. The summed E-state index contributed by atoms with van der Waals surface area (Å²) in [6.07, 6.45) is 3.01. The molecule has 0 aromatic heterocycles. The average molecular weight is 378 g/mol. The van der Waals surface area contributed by atoms with Crippen LogP contribution in [0, 0.1) is 12.8 Å². The van der Waals surface area contributed by atoms with Crippen LogP contribution in [0.15, 0.2) is 35.8 Å². The van der Waals surface area contributed by atoms with Gasteiger partial charge in [-0.15, -0.1) is 6.58 Å². The summed E-state index contributed by atoms with van der Waals surface area (Å²) in [6.45, 7) is 9.74. The molecule has 0 aliphatic carbocycles. The molecule has 1 aromatic rings. The highest BCUT2D eigenvalue weighted by atomic mass is 32.2. The van der Waals surface area contributed by atoms with E-state index in [1.807, 2.05) is 17.8 Å². The number of ether oxygens (including phenoxy) is 2. The third-order valence-electron chi connectivity index (χ3n) is 4.17. The van der Waals surface area contributed by atoms with E-state index < -0.39 is 0 Å². The summed E-state index contributed by atoms with van der Waals surface area (Å²) in [6, 6.07) is 6.34. The lowest BCUT2D eigenvalue weighted by Gasteiger charge is -2.17. The second-order valence-electron chi connectivity index (χ2n) is 6.37. The lowest BCUT2D eigenvalue weighted by molar-refractivity contribution is 0.166. The summed E-state index contributed by atoms with van der Waals surface area (Å²) in [5, 5.41) is 6.70. The fraction of sp³-hybridized carbons (Fsp3) is 0.550. The number of hydrogen-bond acceptors (Lipinski definition) is 4. The number of nitrogens with one attached hydrogen (secondary N) is 2. The monoisotopic (exact) mass is 377 g/mol. The first-order chi connectivity index (χ1) is 12.7. The molecular weight excluding hydrogens is 346 g/mol. The van der Waals surface area contributed by atoms with Gasteiger partial charge in [0.05, 0.1) is 13.2 Å². The van der Waals surface area contributed by atoms with Gasteiger partial charge in [0.15, 0.2) is 5.96 Å². The third kappa shape index (κ3) is 7.30. The number of nitrogens with zero attached hydrogens (tertiary/aromatic N) is 1. The topological polar surface area (TPSA) is 54.9 Å². The van der Waals surface area contributed by atoms with E-state index in [0.29, 0.717) is 19.1 Å². The highest BCUT2D eigenvalue weighted by Crippen LogP contribution is 2.22. The van der Waals surface area contributed by atoms with Crippen molar-refractivity contribution in [2.24, 2.45) is 10.9 Å². The van der Waals surface area contributed by atoms with Gasteiger partial charge in [-0.25, -0.2) is 0 Å². The summed E-state index contributed by atoms with van der Waals surface area (Å²) >= 11 is 1.85. The van der Waals surface area contributed by atoms with Crippen LogP contribution < -0.4 is 15.4 Å². The maximum atomic E-state index is 6.10. The molecule has 26 heavy (non-hydrogen) atoms. The van der Waals surface area contributed by atoms with Gasteiger partial charge in [-0.1, -0.05) is 18.2 Å². The van der Waals surface area contributed by atoms with Gasteiger partial charge < -0.3 is 20.1 Å². The van der Waals surface area contributed by atoms with Gasteiger partial charge >= 0.3 is 0 Å². The van der Waals surface area contributed by atoms with Gasteiger partial charge in [-0.05, 0) is 25.0 Å². The molecule has 1 aromatic carbocycles. The maximum absolute atomic E-state index is 6.10. The molecule has 1 aliphatic rings. The number of aliphatic imine (C=N–C) groups is 1. The zero-order chi connectivity index (χ0) is 18.6. The first kappa shape index (κ1) is 20.6. The van der Waals surface area contributed by atoms with E-state index >= 15 is 0 Å². The normalized spacial score (nSPS) is 17.2. The molecule has 0 spiro atoms. The van der Waals surface area contributed by atoms with Crippen LogP contribution in [0.25, 0.3) is 0 Å². The van der Waals surface area contributed by atoms with Crippen molar-refractivity contribution in [2.45, 2.75) is 19.9 Å². The van der Waals surface area contributed by atoms with Gasteiger partial charge in [-0.2, -0.15) is 11.8 Å². The molecule has 0 radical (unpaired) electrons. The fourth-order valence-electron chi connectivity index (χ4n) is 2.67. The average Bonchev–Trinajstić information content (AvgIpc) is 3.17. The summed E-state index contributed by atoms with van der Waals surface area (Å²) in [5.74, 6) is 4.25. The van der Waals surface area contributed by atoms with E-state index in [0.717, 1.165) is 55.0 Å². The Morgan fingerprint density at radius 2 is 2.35 bits per heavy atom. The lowest BCUT2D eigenvalue weighted by atomic mass is 10.1. The second kappa shape index (κ2) is 11.9. The largest absolute Gasteiger partial charge is 0.493 e. The third-order valence-corrected chi connectivity index (χ3v) is 5.13. The molecule has 5 nitrogen and oxygen atoms in total. The van der Waals surface area contributed by atoms with Crippen molar-refractivity contribution in [3.63, 3.8) is 0 Å². The minimum absolute atomic E-state index is 0.499. The molecule has 1 unspecified atom stereocenters. The van der Waals surface area contributed by atoms with Crippen LogP contribution in [0.3, 0.4) is 0 Å². The molecule has 1 aliphatic heterocycles. The van der Waals surface area contributed by atoms with Crippen molar-refractivity contribution in [3.05, 3.63) is 42.0 Å². The second-order valence-corrected chi connectivity index (χ2v) is 7.52. The van der Waals surface area contributed by atoms with Gasteiger partial charge in [0.25, 0.3) is 0 Å². The molecular formula is C20H31N3O2S.